The Bertz CT molecular complexity index is 1260. The van der Waals surface area contributed by atoms with Crippen molar-refractivity contribution in [2.75, 3.05) is 21.3 Å². The lowest BCUT2D eigenvalue weighted by molar-refractivity contribution is 0.101. The highest BCUT2D eigenvalue weighted by atomic mass is 79.9. The Labute approximate surface area is 210 Å². The molecule has 0 aliphatic carbocycles. The van der Waals surface area contributed by atoms with Crippen LogP contribution >= 0.6 is 39.1 Å². The van der Waals surface area contributed by atoms with Crippen molar-refractivity contribution in [3.63, 3.8) is 0 Å². The summed E-state index contributed by atoms with van der Waals surface area (Å²) in [5, 5.41) is 14.1. The van der Waals surface area contributed by atoms with Crippen LogP contribution in [0, 0.1) is 0 Å². The van der Waals surface area contributed by atoms with E-state index in [-0.39, 0.29) is 12.2 Å². The Morgan fingerprint density at radius 1 is 1.12 bits per heavy atom. The molecule has 5 rings (SSSR count). The van der Waals surface area contributed by atoms with Gasteiger partial charge in [-0.25, -0.2) is 0 Å². The zero-order chi connectivity index (χ0) is 23.3. The van der Waals surface area contributed by atoms with E-state index in [1.54, 1.807) is 18.2 Å². The summed E-state index contributed by atoms with van der Waals surface area (Å²) in [6, 6.07) is 14.6. The van der Waals surface area contributed by atoms with Gasteiger partial charge in [0, 0.05) is 16.5 Å². The zero-order valence-electron chi connectivity index (χ0n) is 17.9. The maximum Gasteiger partial charge on any atom is 0.259 e. The van der Waals surface area contributed by atoms with E-state index < -0.39 is 5.60 Å². The van der Waals surface area contributed by atoms with E-state index in [1.807, 2.05) is 44.2 Å². The largest absolute Gasteiger partial charge is 0.486 e. The van der Waals surface area contributed by atoms with E-state index in [4.69, 9.17) is 27.9 Å². The molecule has 1 atom stereocenters. The van der Waals surface area contributed by atoms with Gasteiger partial charge >= 0.3 is 0 Å². The molecule has 0 spiro atoms. The van der Waals surface area contributed by atoms with Crippen molar-refractivity contribution in [2.24, 2.45) is 0 Å². The smallest absolute Gasteiger partial charge is 0.259 e. The minimum Gasteiger partial charge on any atom is -0.486 e. The first-order valence-corrected chi connectivity index (χ1v) is 12.0. The Morgan fingerprint density at radius 2 is 1.85 bits per heavy atom. The molecule has 2 aliphatic heterocycles. The van der Waals surface area contributed by atoms with E-state index in [1.165, 1.54) is 0 Å². The molecule has 170 valence electrons. The maximum atomic E-state index is 13.3. The molecule has 2 aliphatic rings. The van der Waals surface area contributed by atoms with Gasteiger partial charge in [-0.1, -0.05) is 41.4 Å². The predicted molar refractivity (Wildman–Crippen MR) is 138 cm³/mol. The lowest BCUT2D eigenvalue weighted by Crippen LogP contribution is -2.31. The molecule has 3 aromatic carbocycles. The average Bonchev–Trinajstić information content (AvgIpc) is 3.31. The molecule has 0 fully saturated rings. The van der Waals surface area contributed by atoms with Gasteiger partial charge in [0.2, 0.25) is 0 Å². The molecule has 0 radical (unpaired) electrons. The highest BCUT2D eigenvalue weighted by Gasteiger charge is 2.39. The Morgan fingerprint density at radius 3 is 2.58 bits per heavy atom. The summed E-state index contributed by atoms with van der Waals surface area (Å²) in [5.74, 6) is 0.347. The van der Waals surface area contributed by atoms with Crippen LogP contribution in [0.25, 0.3) is 0 Å². The zero-order valence-corrected chi connectivity index (χ0v) is 21.0. The fraction of sp³-hybridized carbons (Fsp3) is 0.208. The molecular weight excluding hydrogens is 527 g/mol. The first kappa shape index (κ1) is 22.2. The van der Waals surface area contributed by atoms with Gasteiger partial charge in [-0.15, -0.1) is 0 Å². The Hall–Kier alpha value is -2.61. The number of amides is 1. The highest BCUT2D eigenvalue weighted by molar-refractivity contribution is 9.10. The highest BCUT2D eigenvalue weighted by Crippen LogP contribution is 2.48. The van der Waals surface area contributed by atoms with Crippen LogP contribution in [0.3, 0.4) is 0 Å². The van der Waals surface area contributed by atoms with Crippen molar-refractivity contribution in [1.29, 1.82) is 0 Å². The number of halogens is 3. The summed E-state index contributed by atoms with van der Waals surface area (Å²) >= 11 is 16.1. The van der Waals surface area contributed by atoms with Crippen molar-refractivity contribution in [1.82, 2.24) is 0 Å². The van der Waals surface area contributed by atoms with Crippen LogP contribution in [0.5, 0.6) is 5.75 Å². The molecule has 33 heavy (non-hydrogen) atoms. The molecule has 1 amide bonds. The average molecular weight is 548 g/mol. The molecule has 0 bridgehead atoms. The van der Waals surface area contributed by atoms with Gasteiger partial charge in [0.1, 0.15) is 11.4 Å². The third-order valence-corrected chi connectivity index (χ3v) is 6.89. The second-order valence-electron chi connectivity index (χ2n) is 8.59. The standard InChI is InChI=1S/C24H21BrCl2N4O2/c1-24(2)11-13-19-18(29-23(30-19)31-20-15(26)7-5-8-16(20)27)10-12(21(13)33-24)22(32)28-17-9-4-3-6-14(17)25/h3-10,23,29-31H,11H2,1-2H3,(H,28,32). The number of hydrogen-bond donors (Lipinski definition) is 4. The summed E-state index contributed by atoms with van der Waals surface area (Å²) < 4.78 is 7.03. The van der Waals surface area contributed by atoms with Gasteiger partial charge in [0.05, 0.1) is 38.4 Å². The van der Waals surface area contributed by atoms with Crippen molar-refractivity contribution >= 4 is 67.8 Å². The summed E-state index contributed by atoms with van der Waals surface area (Å²) in [7, 11) is 0. The lowest BCUT2D eigenvalue weighted by Gasteiger charge is -2.19. The summed E-state index contributed by atoms with van der Waals surface area (Å²) in [6.07, 6.45) is 0.293. The van der Waals surface area contributed by atoms with Gasteiger partial charge in [0.25, 0.3) is 5.91 Å². The molecule has 0 saturated heterocycles. The summed E-state index contributed by atoms with van der Waals surface area (Å²) in [4.78, 5) is 13.3. The predicted octanol–water partition coefficient (Wildman–Crippen LogP) is 6.95. The number of carbonyl (C=O) groups excluding carboxylic acids is 1. The fourth-order valence-electron chi connectivity index (χ4n) is 4.13. The number of nitrogens with one attached hydrogen (secondary N) is 4. The van der Waals surface area contributed by atoms with E-state index in [2.05, 4.69) is 37.2 Å². The topological polar surface area (TPSA) is 74.4 Å². The van der Waals surface area contributed by atoms with Crippen molar-refractivity contribution in [2.45, 2.75) is 32.2 Å². The number of hydrogen-bond acceptors (Lipinski definition) is 5. The van der Waals surface area contributed by atoms with Crippen LogP contribution in [0.15, 0.2) is 53.0 Å². The van der Waals surface area contributed by atoms with Gasteiger partial charge in [-0.05, 0) is 60.1 Å². The van der Waals surface area contributed by atoms with Crippen LogP contribution in [0.1, 0.15) is 29.8 Å². The minimum absolute atomic E-state index is 0.244. The van der Waals surface area contributed by atoms with E-state index in [0.29, 0.717) is 39.2 Å². The number of rotatable bonds is 4. The minimum atomic E-state index is -0.431. The van der Waals surface area contributed by atoms with Crippen LogP contribution < -0.4 is 26.0 Å². The van der Waals surface area contributed by atoms with Crippen LogP contribution in [-0.4, -0.2) is 17.8 Å². The molecule has 0 aromatic heterocycles. The monoisotopic (exact) mass is 546 g/mol. The normalized spacial score (nSPS) is 17.3. The molecule has 9 heteroatoms. The molecule has 1 unspecified atom stereocenters. The van der Waals surface area contributed by atoms with Crippen molar-refractivity contribution < 1.29 is 9.53 Å². The number of para-hydroxylation sites is 2. The van der Waals surface area contributed by atoms with Crippen molar-refractivity contribution in [3.05, 3.63) is 74.2 Å². The Kier molecular flexibility index (Phi) is 5.59. The summed E-state index contributed by atoms with van der Waals surface area (Å²) in [6.45, 7) is 4.02. The third kappa shape index (κ3) is 4.21. The second kappa shape index (κ2) is 8.31. The van der Waals surface area contributed by atoms with E-state index in [0.717, 1.165) is 21.4 Å². The van der Waals surface area contributed by atoms with Gasteiger partial charge in [-0.3, -0.25) is 4.79 Å². The lowest BCUT2D eigenvalue weighted by atomic mass is 9.97. The SMILES string of the molecule is CC1(C)Cc2c3c(cc(C(=O)Nc4ccccc4Br)c2O1)NC(Nc1c(Cl)cccc1Cl)N3. The third-order valence-electron chi connectivity index (χ3n) is 5.57. The molecular formula is C24H21BrCl2N4O2. The Balaban J connectivity index is 1.48. The quantitative estimate of drug-likeness (QED) is 0.284. The summed E-state index contributed by atoms with van der Waals surface area (Å²) in [5.41, 5.74) is 4.00. The van der Waals surface area contributed by atoms with Crippen LogP contribution in [0.2, 0.25) is 10.0 Å². The van der Waals surface area contributed by atoms with Crippen LogP contribution in [0.4, 0.5) is 22.7 Å². The number of benzene rings is 3. The van der Waals surface area contributed by atoms with Gasteiger partial charge in [-0.2, -0.15) is 0 Å². The second-order valence-corrected chi connectivity index (χ2v) is 10.3. The number of carbonyl (C=O) groups is 1. The van der Waals surface area contributed by atoms with E-state index in [9.17, 15) is 4.79 Å². The van der Waals surface area contributed by atoms with Crippen LogP contribution in [-0.2, 0) is 6.42 Å². The molecule has 6 nitrogen and oxygen atoms in total. The molecule has 3 aromatic rings. The maximum absolute atomic E-state index is 13.3. The number of fused-ring (bicyclic) bond motifs is 3. The van der Waals surface area contributed by atoms with Gasteiger partial charge in [0.15, 0.2) is 6.29 Å². The fourth-order valence-corrected chi connectivity index (χ4v) is 5.02. The number of ether oxygens (including phenoxy) is 1. The molecule has 2 heterocycles. The number of anilines is 4. The van der Waals surface area contributed by atoms with Crippen molar-refractivity contribution in [3.8, 4) is 5.75 Å². The van der Waals surface area contributed by atoms with E-state index >= 15 is 0 Å². The molecule has 4 N–H and O–H groups in total. The molecule has 0 saturated carbocycles. The first-order chi connectivity index (χ1) is 15.7. The van der Waals surface area contributed by atoms with Gasteiger partial charge < -0.3 is 26.0 Å². The first-order valence-electron chi connectivity index (χ1n) is 10.4.